The van der Waals surface area contributed by atoms with Crippen LogP contribution in [0.5, 0.6) is 0 Å². The van der Waals surface area contributed by atoms with E-state index in [9.17, 15) is 18.0 Å². The summed E-state index contributed by atoms with van der Waals surface area (Å²) in [7, 11) is 0. The summed E-state index contributed by atoms with van der Waals surface area (Å²) in [5.74, 6) is -3.67. The summed E-state index contributed by atoms with van der Waals surface area (Å²) in [6.07, 6.45) is 2.48. The molecule has 20 heavy (non-hydrogen) atoms. The lowest BCUT2D eigenvalue weighted by atomic mass is 9.96. The first-order valence-electron chi connectivity index (χ1n) is 6.62. The lowest BCUT2D eigenvalue weighted by Gasteiger charge is -2.13. The van der Waals surface area contributed by atoms with Gasteiger partial charge in [0, 0.05) is 18.6 Å². The Hall–Kier alpha value is -1.56. The molecule has 1 amide bonds. The Morgan fingerprint density at radius 2 is 2.00 bits per heavy atom. The van der Waals surface area contributed by atoms with Gasteiger partial charge in [0.15, 0.2) is 11.6 Å². The Kier molecular flexibility index (Phi) is 6.51. The van der Waals surface area contributed by atoms with Gasteiger partial charge in [0.05, 0.1) is 5.69 Å². The van der Waals surface area contributed by atoms with Crippen LogP contribution in [0.1, 0.15) is 32.6 Å². The molecule has 0 fully saturated rings. The van der Waals surface area contributed by atoms with E-state index >= 15 is 0 Å². The van der Waals surface area contributed by atoms with Crippen molar-refractivity contribution in [2.75, 3.05) is 11.9 Å². The highest BCUT2D eigenvalue weighted by atomic mass is 19.2. The quantitative estimate of drug-likeness (QED) is 0.757. The van der Waals surface area contributed by atoms with Gasteiger partial charge >= 0.3 is 0 Å². The van der Waals surface area contributed by atoms with Crippen LogP contribution in [-0.4, -0.2) is 12.5 Å². The fraction of sp³-hybridized carbons (Fsp3) is 0.500. The number of nitrogens with two attached hydrogens (primary N) is 1. The van der Waals surface area contributed by atoms with Crippen molar-refractivity contribution in [3.8, 4) is 0 Å². The first kappa shape index (κ1) is 16.5. The molecule has 3 nitrogen and oxygen atoms in total. The van der Waals surface area contributed by atoms with Gasteiger partial charge in [0.1, 0.15) is 5.82 Å². The minimum absolute atomic E-state index is 0.163. The molecule has 0 aliphatic rings. The second kappa shape index (κ2) is 7.89. The van der Waals surface area contributed by atoms with Gasteiger partial charge in [0.25, 0.3) is 0 Å². The number of carbonyl (C=O) groups is 1. The average molecular weight is 288 g/mol. The summed E-state index contributed by atoms with van der Waals surface area (Å²) >= 11 is 0. The van der Waals surface area contributed by atoms with Gasteiger partial charge in [-0.25, -0.2) is 13.2 Å². The van der Waals surface area contributed by atoms with E-state index in [4.69, 9.17) is 5.73 Å². The fourth-order valence-electron chi connectivity index (χ4n) is 1.98. The first-order chi connectivity index (χ1) is 9.47. The van der Waals surface area contributed by atoms with Crippen molar-refractivity contribution >= 4 is 11.6 Å². The number of amides is 1. The number of hydrogen-bond acceptors (Lipinski definition) is 2. The number of anilines is 1. The van der Waals surface area contributed by atoms with Crippen LogP contribution in [-0.2, 0) is 4.79 Å². The Labute approximate surface area is 116 Å². The molecular formula is C14H19F3N2O. The minimum Gasteiger partial charge on any atom is -0.330 e. The molecular weight excluding hydrogens is 269 g/mol. The Balaban J connectivity index is 2.58. The van der Waals surface area contributed by atoms with Crippen LogP contribution in [0, 0.1) is 23.4 Å². The van der Waals surface area contributed by atoms with E-state index in [-0.39, 0.29) is 6.42 Å². The van der Waals surface area contributed by atoms with Gasteiger partial charge in [-0.2, -0.15) is 0 Å². The van der Waals surface area contributed by atoms with Gasteiger partial charge < -0.3 is 11.1 Å². The second-order valence-electron chi connectivity index (χ2n) is 4.69. The van der Waals surface area contributed by atoms with Crippen molar-refractivity contribution in [1.29, 1.82) is 0 Å². The van der Waals surface area contributed by atoms with Crippen molar-refractivity contribution < 1.29 is 18.0 Å². The van der Waals surface area contributed by atoms with E-state index in [1.54, 1.807) is 0 Å². The molecule has 0 saturated carbocycles. The molecule has 1 aromatic rings. The zero-order chi connectivity index (χ0) is 15.1. The molecule has 1 unspecified atom stereocenters. The van der Waals surface area contributed by atoms with Crippen molar-refractivity contribution in [2.24, 2.45) is 11.7 Å². The SMILES string of the molecule is CCC(CCN)CCC(=O)Nc1cc(F)cc(F)c1F. The van der Waals surface area contributed by atoms with Crippen molar-refractivity contribution in [3.63, 3.8) is 0 Å². The molecule has 0 saturated heterocycles. The molecule has 0 aromatic heterocycles. The number of rotatable bonds is 7. The Morgan fingerprint density at radius 3 is 2.60 bits per heavy atom. The van der Waals surface area contributed by atoms with Crippen LogP contribution in [0.25, 0.3) is 0 Å². The Morgan fingerprint density at radius 1 is 1.30 bits per heavy atom. The smallest absolute Gasteiger partial charge is 0.224 e. The van der Waals surface area contributed by atoms with Crippen LogP contribution >= 0.6 is 0 Å². The monoisotopic (exact) mass is 288 g/mol. The van der Waals surface area contributed by atoms with E-state index in [2.05, 4.69) is 5.32 Å². The first-order valence-corrected chi connectivity index (χ1v) is 6.62. The van der Waals surface area contributed by atoms with Gasteiger partial charge in [-0.05, 0) is 25.3 Å². The summed E-state index contributed by atoms with van der Waals surface area (Å²) < 4.78 is 39.3. The topological polar surface area (TPSA) is 55.1 Å². The van der Waals surface area contributed by atoms with Crippen molar-refractivity contribution in [3.05, 3.63) is 29.6 Å². The summed E-state index contributed by atoms with van der Waals surface area (Å²) in [5.41, 5.74) is 4.98. The molecule has 1 rings (SSSR count). The van der Waals surface area contributed by atoms with Crippen LogP contribution in [0.15, 0.2) is 12.1 Å². The van der Waals surface area contributed by atoms with Crippen molar-refractivity contribution in [1.82, 2.24) is 0 Å². The standard InChI is InChI=1S/C14H19F3N2O/c1-2-9(5-6-18)3-4-13(20)19-12-8-10(15)7-11(16)14(12)17/h7-9H,2-6,18H2,1H3,(H,19,20). The number of benzene rings is 1. The fourth-order valence-corrected chi connectivity index (χ4v) is 1.98. The lowest BCUT2D eigenvalue weighted by Crippen LogP contribution is -2.16. The summed E-state index contributed by atoms with van der Waals surface area (Å²) in [6, 6.07) is 1.19. The highest BCUT2D eigenvalue weighted by Crippen LogP contribution is 2.20. The maximum Gasteiger partial charge on any atom is 0.224 e. The molecule has 0 heterocycles. The van der Waals surface area contributed by atoms with E-state index in [1.807, 2.05) is 6.92 Å². The highest BCUT2D eigenvalue weighted by molar-refractivity contribution is 5.90. The molecule has 1 atom stereocenters. The van der Waals surface area contributed by atoms with Gasteiger partial charge in [-0.3, -0.25) is 4.79 Å². The molecule has 112 valence electrons. The minimum atomic E-state index is -1.32. The number of hydrogen-bond donors (Lipinski definition) is 2. The molecule has 6 heteroatoms. The predicted molar refractivity (Wildman–Crippen MR) is 71.6 cm³/mol. The number of halogens is 3. The van der Waals surface area contributed by atoms with Crippen LogP contribution in [0.3, 0.4) is 0 Å². The third-order valence-corrected chi connectivity index (χ3v) is 3.20. The van der Waals surface area contributed by atoms with Crippen LogP contribution in [0.4, 0.5) is 18.9 Å². The molecule has 0 aliphatic carbocycles. The average Bonchev–Trinajstić information content (AvgIpc) is 2.40. The molecule has 1 aromatic carbocycles. The summed E-state index contributed by atoms with van der Waals surface area (Å²) in [6.45, 7) is 2.55. The maximum atomic E-state index is 13.4. The molecule has 3 N–H and O–H groups in total. The van der Waals surface area contributed by atoms with Crippen LogP contribution in [0.2, 0.25) is 0 Å². The van der Waals surface area contributed by atoms with E-state index < -0.39 is 29.0 Å². The molecule has 0 spiro atoms. The van der Waals surface area contributed by atoms with E-state index in [1.165, 1.54) is 0 Å². The normalized spacial score (nSPS) is 12.2. The van der Waals surface area contributed by atoms with Gasteiger partial charge in [-0.15, -0.1) is 0 Å². The van der Waals surface area contributed by atoms with Crippen LogP contribution < -0.4 is 11.1 Å². The zero-order valence-electron chi connectivity index (χ0n) is 11.4. The van der Waals surface area contributed by atoms with E-state index in [0.717, 1.165) is 18.9 Å². The number of carbonyl (C=O) groups excluding carboxylic acids is 1. The summed E-state index contributed by atoms with van der Waals surface area (Å²) in [4.78, 5) is 11.7. The van der Waals surface area contributed by atoms with Gasteiger partial charge in [-0.1, -0.05) is 13.3 Å². The lowest BCUT2D eigenvalue weighted by molar-refractivity contribution is -0.116. The zero-order valence-corrected chi connectivity index (χ0v) is 11.4. The largest absolute Gasteiger partial charge is 0.330 e. The molecule has 0 aliphatic heterocycles. The van der Waals surface area contributed by atoms with Gasteiger partial charge in [0.2, 0.25) is 5.91 Å². The predicted octanol–water partition coefficient (Wildman–Crippen LogP) is 3.20. The maximum absolute atomic E-state index is 13.4. The second-order valence-corrected chi connectivity index (χ2v) is 4.69. The third-order valence-electron chi connectivity index (χ3n) is 3.20. The third kappa shape index (κ3) is 4.85. The van der Waals surface area contributed by atoms with Crippen molar-refractivity contribution in [2.45, 2.75) is 32.6 Å². The molecule has 0 bridgehead atoms. The summed E-state index contributed by atoms with van der Waals surface area (Å²) in [5, 5.41) is 2.19. The highest BCUT2D eigenvalue weighted by Gasteiger charge is 2.14. The molecule has 0 radical (unpaired) electrons. The number of nitrogens with one attached hydrogen (secondary N) is 1. The Bertz CT molecular complexity index is 466. The van der Waals surface area contributed by atoms with E-state index in [0.29, 0.717) is 24.9 Å².